The normalized spacial score (nSPS) is 18.0. The standard InChI is InChI=1S/C18H21N3O/c1-20(18(22)15-8-3-2-4-9-15)16-10-7-13-21(14-16)17-11-5-6-12-19-17/h2-6,8-9,11-12,16H,7,10,13-14H2,1H3/t16-/m1/s1. The number of anilines is 1. The molecular formula is C18H21N3O. The highest BCUT2D eigenvalue weighted by Gasteiger charge is 2.27. The van der Waals surface area contributed by atoms with Gasteiger partial charge in [-0.1, -0.05) is 24.3 Å². The first-order chi connectivity index (χ1) is 10.8. The number of rotatable bonds is 3. The van der Waals surface area contributed by atoms with Crippen LogP contribution >= 0.6 is 0 Å². The van der Waals surface area contributed by atoms with Crippen LogP contribution in [0.2, 0.25) is 0 Å². The number of carbonyl (C=O) groups is 1. The lowest BCUT2D eigenvalue weighted by Crippen LogP contribution is -2.48. The predicted octanol–water partition coefficient (Wildman–Crippen LogP) is 2.82. The van der Waals surface area contributed by atoms with Gasteiger partial charge in [-0.3, -0.25) is 4.79 Å². The highest BCUT2D eigenvalue weighted by atomic mass is 16.2. The zero-order valence-corrected chi connectivity index (χ0v) is 12.9. The van der Waals surface area contributed by atoms with Crippen molar-refractivity contribution in [3.63, 3.8) is 0 Å². The van der Waals surface area contributed by atoms with Gasteiger partial charge in [0.25, 0.3) is 5.91 Å². The van der Waals surface area contributed by atoms with E-state index in [1.165, 1.54) is 0 Å². The molecule has 1 atom stereocenters. The summed E-state index contributed by atoms with van der Waals surface area (Å²) >= 11 is 0. The summed E-state index contributed by atoms with van der Waals surface area (Å²) in [5.41, 5.74) is 0.750. The van der Waals surface area contributed by atoms with Crippen LogP contribution < -0.4 is 4.90 Å². The van der Waals surface area contributed by atoms with E-state index in [1.807, 2.05) is 66.7 Å². The van der Waals surface area contributed by atoms with Crippen molar-refractivity contribution in [3.05, 3.63) is 60.3 Å². The van der Waals surface area contributed by atoms with E-state index in [9.17, 15) is 4.79 Å². The van der Waals surface area contributed by atoms with Crippen molar-refractivity contribution in [2.24, 2.45) is 0 Å². The molecule has 1 fully saturated rings. The maximum absolute atomic E-state index is 12.6. The largest absolute Gasteiger partial charge is 0.355 e. The Bertz CT molecular complexity index is 615. The van der Waals surface area contributed by atoms with E-state index in [1.54, 1.807) is 0 Å². The third-order valence-electron chi connectivity index (χ3n) is 4.26. The van der Waals surface area contributed by atoms with E-state index >= 15 is 0 Å². The number of piperidine rings is 1. The molecule has 114 valence electrons. The number of hydrogen-bond donors (Lipinski definition) is 0. The fourth-order valence-corrected chi connectivity index (χ4v) is 2.97. The minimum Gasteiger partial charge on any atom is -0.355 e. The van der Waals surface area contributed by atoms with Crippen LogP contribution in [0.15, 0.2) is 54.7 Å². The summed E-state index contributed by atoms with van der Waals surface area (Å²) in [5, 5.41) is 0. The van der Waals surface area contributed by atoms with Gasteiger partial charge < -0.3 is 9.80 Å². The predicted molar refractivity (Wildman–Crippen MR) is 88.0 cm³/mol. The first kappa shape index (κ1) is 14.6. The van der Waals surface area contributed by atoms with E-state index < -0.39 is 0 Å². The van der Waals surface area contributed by atoms with Gasteiger partial charge in [0.15, 0.2) is 0 Å². The molecule has 1 aromatic carbocycles. The third kappa shape index (κ3) is 3.11. The average Bonchev–Trinajstić information content (AvgIpc) is 2.62. The minimum atomic E-state index is 0.0912. The van der Waals surface area contributed by atoms with Crippen LogP contribution in [0.3, 0.4) is 0 Å². The second kappa shape index (κ2) is 6.60. The van der Waals surface area contributed by atoms with Crippen LogP contribution in [0.25, 0.3) is 0 Å². The summed E-state index contributed by atoms with van der Waals surface area (Å²) in [6, 6.07) is 15.7. The first-order valence-corrected chi connectivity index (χ1v) is 7.74. The Kier molecular flexibility index (Phi) is 4.37. The summed E-state index contributed by atoms with van der Waals surface area (Å²) < 4.78 is 0. The Morgan fingerprint density at radius 3 is 2.68 bits per heavy atom. The molecule has 0 spiro atoms. The van der Waals surface area contributed by atoms with Gasteiger partial charge >= 0.3 is 0 Å². The van der Waals surface area contributed by atoms with E-state index in [4.69, 9.17) is 0 Å². The van der Waals surface area contributed by atoms with Crippen LogP contribution in [0, 0.1) is 0 Å². The zero-order chi connectivity index (χ0) is 15.4. The highest BCUT2D eigenvalue weighted by molar-refractivity contribution is 5.94. The molecule has 0 aliphatic carbocycles. The number of likely N-dealkylation sites (N-methyl/N-ethyl adjacent to an activating group) is 1. The van der Waals surface area contributed by atoms with Crippen molar-refractivity contribution in [3.8, 4) is 0 Å². The number of hydrogen-bond acceptors (Lipinski definition) is 3. The van der Waals surface area contributed by atoms with Gasteiger partial charge in [-0.15, -0.1) is 0 Å². The fourth-order valence-electron chi connectivity index (χ4n) is 2.97. The summed E-state index contributed by atoms with van der Waals surface area (Å²) in [6.07, 6.45) is 3.93. The monoisotopic (exact) mass is 295 g/mol. The van der Waals surface area contributed by atoms with Crippen molar-refractivity contribution < 1.29 is 4.79 Å². The Labute approximate surface area is 131 Å². The molecule has 1 saturated heterocycles. The summed E-state index contributed by atoms with van der Waals surface area (Å²) in [7, 11) is 1.90. The number of carbonyl (C=O) groups excluding carboxylic acids is 1. The van der Waals surface area contributed by atoms with E-state index in [-0.39, 0.29) is 11.9 Å². The minimum absolute atomic E-state index is 0.0912. The van der Waals surface area contributed by atoms with Gasteiger partial charge in [-0.2, -0.15) is 0 Å². The molecule has 0 saturated carbocycles. The lowest BCUT2D eigenvalue weighted by atomic mass is 10.0. The molecule has 2 heterocycles. The van der Waals surface area contributed by atoms with Crippen LogP contribution in [-0.2, 0) is 0 Å². The molecule has 1 aliphatic rings. The fraction of sp³-hybridized carbons (Fsp3) is 0.333. The molecule has 0 unspecified atom stereocenters. The van der Waals surface area contributed by atoms with Gasteiger partial charge in [0.2, 0.25) is 0 Å². The number of amides is 1. The average molecular weight is 295 g/mol. The van der Waals surface area contributed by atoms with Crippen molar-refractivity contribution in [1.82, 2.24) is 9.88 Å². The first-order valence-electron chi connectivity index (χ1n) is 7.74. The number of pyridine rings is 1. The Morgan fingerprint density at radius 2 is 1.95 bits per heavy atom. The number of aromatic nitrogens is 1. The molecule has 1 aliphatic heterocycles. The van der Waals surface area contributed by atoms with Gasteiger partial charge in [0.1, 0.15) is 5.82 Å². The number of benzene rings is 1. The van der Waals surface area contributed by atoms with Crippen molar-refractivity contribution >= 4 is 11.7 Å². The highest BCUT2D eigenvalue weighted by Crippen LogP contribution is 2.21. The zero-order valence-electron chi connectivity index (χ0n) is 12.9. The summed E-state index contributed by atoms with van der Waals surface area (Å²) in [5.74, 6) is 1.08. The Hall–Kier alpha value is -2.36. The molecule has 4 nitrogen and oxygen atoms in total. The Balaban J connectivity index is 1.70. The molecule has 3 rings (SSSR count). The smallest absolute Gasteiger partial charge is 0.253 e. The van der Waals surface area contributed by atoms with Gasteiger partial charge in [0, 0.05) is 37.9 Å². The summed E-state index contributed by atoms with van der Waals surface area (Å²) in [6.45, 7) is 1.84. The molecule has 2 aromatic rings. The number of nitrogens with zero attached hydrogens (tertiary/aromatic N) is 3. The SMILES string of the molecule is CN(C(=O)c1ccccc1)[C@@H]1CCCN(c2ccccn2)C1. The molecule has 1 aromatic heterocycles. The molecule has 0 N–H and O–H groups in total. The lowest BCUT2D eigenvalue weighted by molar-refractivity contribution is 0.0717. The maximum Gasteiger partial charge on any atom is 0.253 e. The molecular weight excluding hydrogens is 274 g/mol. The van der Waals surface area contributed by atoms with Gasteiger partial charge in [0.05, 0.1) is 0 Å². The topological polar surface area (TPSA) is 36.4 Å². The van der Waals surface area contributed by atoms with Crippen molar-refractivity contribution in [1.29, 1.82) is 0 Å². The second-order valence-electron chi connectivity index (χ2n) is 5.71. The quantitative estimate of drug-likeness (QED) is 0.873. The molecule has 1 amide bonds. The second-order valence-corrected chi connectivity index (χ2v) is 5.71. The van der Waals surface area contributed by atoms with Gasteiger partial charge in [-0.25, -0.2) is 4.98 Å². The van der Waals surface area contributed by atoms with E-state index in [0.29, 0.717) is 0 Å². The Morgan fingerprint density at radius 1 is 1.18 bits per heavy atom. The molecule has 0 bridgehead atoms. The van der Waals surface area contributed by atoms with Crippen molar-refractivity contribution in [2.75, 3.05) is 25.0 Å². The van der Waals surface area contributed by atoms with Crippen molar-refractivity contribution in [2.45, 2.75) is 18.9 Å². The lowest BCUT2D eigenvalue weighted by Gasteiger charge is -2.38. The van der Waals surface area contributed by atoms with Gasteiger partial charge in [-0.05, 0) is 37.1 Å². The van der Waals surface area contributed by atoms with Crippen LogP contribution in [0.5, 0.6) is 0 Å². The molecule has 4 heteroatoms. The molecule has 0 radical (unpaired) electrons. The van der Waals surface area contributed by atoms with Crippen LogP contribution in [0.4, 0.5) is 5.82 Å². The van der Waals surface area contributed by atoms with Crippen LogP contribution in [-0.4, -0.2) is 42.0 Å². The van der Waals surface area contributed by atoms with Crippen LogP contribution in [0.1, 0.15) is 23.2 Å². The van der Waals surface area contributed by atoms with E-state index in [0.717, 1.165) is 37.3 Å². The third-order valence-corrected chi connectivity index (χ3v) is 4.26. The molecule has 22 heavy (non-hydrogen) atoms. The van der Waals surface area contributed by atoms with E-state index in [2.05, 4.69) is 9.88 Å². The maximum atomic E-state index is 12.6. The summed E-state index contributed by atoms with van der Waals surface area (Å²) in [4.78, 5) is 21.1.